The number of hydrogen-bond acceptors (Lipinski definition) is 2. The van der Waals surface area contributed by atoms with Crippen molar-refractivity contribution in [2.24, 2.45) is 0 Å². The van der Waals surface area contributed by atoms with Gasteiger partial charge in [-0.05, 0) is 18.4 Å². The van der Waals surface area contributed by atoms with Gasteiger partial charge in [-0.15, -0.1) is 11.3 Å². The van der Waals surface area contributed by atoms with Gasteiger partial charge in [0, 0.05) is 17.9 Å². The Balaban J connectivity index is 0.000000561. The van der Waals surface area contributed by atoms with E-state index in [1.807, 2.05) is 20.8 Å². The third-order valence-corrected chi connectivity index (χ3v) is 2.21. The molecule has 0 aliphatic carbocycles. The topological polar surface area (TPSA) is 9.23 Å². The van der Waals surface area contributed by atoms with Gasteiger partial charge in [-0.2, -0.15) is 0 Å². The lowest BCUT2D eigenvalue weighted by Gasteiger charge is -1.96. The normalized spacial score (nSPS) is 8.92. The van der Waals surface area contributed by atoms with Crippen LogP contribution >= 0.6 is 11.3 Å². The molecule has 0 fully saturated rings. The number of thiophene rings is 1. The van der Waals surface area contributed by atoms with Gasteiger partial charge in [0.05, 0.1) is 6.61 Å². The Morgan fingerprint density at radius 2 is 2.17 bits per heavy atom. The Morgan fingerprint density at radius 1 is 1.42 bits per heavy atom. The van der Waals surface area contributed by atoms with E-state index < -0.39 is 0 Å². The summed E-state index contributed by atoms with van der Waals surface area (Å²) in [6.45, 7) is 7.71. The molecule has 1 rings (SSSR count). The summed E-state index contributed by atoms with van der Waals surface area (Å²) < 4.78 is 5.21. The maximum absolute atomic E-state index is 5.21. The highest BCUT2D eigenvalue weighted by atomic mass is 32.1. The van der Waals surface area contributed by atoms with Gasteiger partial charge in [-0.3, -0.25) is 0 Å². The summed E-state index contributed by atoms with van der Waals surface area (Å²) in [5, 5.41) is 2.10. The van der Waals surface area contributed by atoms with E-state index in [2.05, 4.69) is 17.5 Å². The van der Waals surface area contributed by atoms with Crippen LogP contribution in [0.1, 0.15) is 25.6 Å². The molecular formula is C10H18OS. The SMILES string of the molecule is CC.CCOCCc1cccs1. The first kappa shape index (κ1) is 11.7. The zero-order chi connectivity index (χ0) is 9.23. The minimum atomic E-state index is 0.825. The van der Waals surface area contributed by atoms with E-state index in [1.54, 1.807) is 11.3 Å². The standard InChI is InChI=1S/C8H12OS.C2H6/c1-2-9-6-5-8-4-3-7-10-8;1-2/h3-4,7H,2,5-6H2,1H3;1-2H3. The van der Waals surface area contributed by atoms with Crippen LogP contribution in [0.3, 0.4) is 0 Å². The zero-order valence-electron chi connectivity index (χ0n) is 8.17. The van der Waals surface area contributed by atoms with Crippen molar-refractivity contribution >= 4 is 11.3 Å². The Kier molecular flexibility index (Phi) is 8.51. The molecule has 1 nitrogen and oxygen atoms in total. The van der Waals surface area contributed by atoms with Crippen molar-refractivity contribution in [3.63, 3.8) is 0 Å². The van der Waals surface area contributed by atoms with E-state index >= 15 is 0 Å². The van der Waals surface area contributed by atoms with Gasteiger partial charge in [-0.25, -0.2) is 0 Å². The third-order valence-electron chi connectivity index (χ3n) is 1.28. The van der Waals surface area contributed by atoms with E-state index in [9.17, 15) is 0 Å². The number of rotatable bonds is 4. The molecular weight excluding hydrogens is 168 g/mol. The van der Waals surface area contributed by atoms with Crippen molar-refractivity contribution in [2.75, 3.05) is 13.2 Å². The summed E-state index contributed by atoms with van der Waals surface area (Å²) in [6.07, 6.45) is 1.06. The molecule has 0 N–H and O–H groups in total. The molecule has 0 aliphatic heterocycles. The fourth-order valence-electron chi connectivity index (χ4n) is 0.772. The highest BCUT2D eigenvalue weighted by molar-refractivity contribution is 7.09. The molecule has 0 aromatic carbocycles. The van der Waals surface area contributed by atoms with Crippen LogP contribution in [0.2, 0.25) is 0 Å². The molecule has 0 unspecified atom stereocenters. The van der Waals surface area contributed by atoms with Gasteiger partial charge in [0.15, 0.2) is 0 Å². The van der Waals surface area contributed by atoms with Crippen LogP contribution in [0, 0.1) is 0 Å². The van der Waals surface area contributed by atoms with Crippen LogP contribution in [0.15, 0.2) is 17.5 Å². The molecule has 12 heavy (non-hydrogen) atoms. The predicted molar refractivity (Wildman–Crippen MR) is 55.9 cm³/mol. The maximum atomic E-state index is 5.21. The second-order valence-corrected chi connectivity index (χ2v) is 3.06. The van der Waals surface area contributed by atoms with E-state index in [0.717, 1.165) is 19.6 Å². The van der Waals surface area contributed by atoms with Crippen molar-refractivity contribution < 1.29 is 4.74 Å². The molecule has 0 saturated carbocycles. The Hall–Kier alpha value is -0.340. The van der Waals surface area contributed by atoms with Crippen molar-refractivity contribution in [1.82, 2.24) is 0 Å². The molecule has 1 aromatic heterocycles. The minimum Gasteiger partial charge on any atom is -0.381 e. The molecule has 0 amide bonds. The van der Waals surface area contributed by atoms with E-state index in [-0.39, 0.29) is 0 Å². The van der Waals surface area contributed by atoms with E-state index in [1.165, 1.54) is 4.88 Å². The monoisotopic (exact) mass is 186 g/mol. The first-order valence-corrected chi connectivity index (χ1v) is 5.41. The summed E-state index contributed by atoms with van der Waals surface area (Å²) in [4.78, 5) is 1.41. The van der Waals surface area contributed by atoms with Gasteiger partial charge in [-0.1, -0.05) is 19.9 Å². The average molecular weight is 186 g/mol. The summed E-state index contributed by atoms with van der Waals surface area (Å²) in [6, 6.07) is 4.22. The number of hydrogen-bond donors (Lipinski definition) is 0. The second-order valence-electron chi connectivity index (χ2n) is 2.03. The summed E-state index contributed by atoms with van der Waals surface area (Å²) >= 11 is 1.79. The molecule has 1 heterocycles. The molecule has 1 aromatic rings. The lowest BCUT2D eigenvalue weighted by Crippen LogP contribution is -1.95. The summed E-state index contributed by atoms with van der Waals surface area (Å²) in [5.74, 6) is 0. The highest BCUT2D eigenvalue weighted by Crippen LogP contribution is 2.08. The maximum Gasteiger partial charge on any atom is 0.0514 e. The van der Waals surface area contributed by atoms with E-state index in [0.29, 0.717) is 0 Å². The second kappa shape index (κ2) is 8.75. The summed E-state index contributed by atoms with van der Waals surface area (Å²) in [5.41, 5.74) is 0. The van der Waals surface area contributed by atoms with Crippen molar-refractivity contribution in [2.45, 2.75) is 27.2 Å². The van der Waals surface area contributed by atoms with Gasteiger partial charge in [0.25, 0.3) is 0 Å². The Morgan fingerprint density at radius 3 is 2.67 bits per heavy atom. The molecule has 2 heteroatoms. The quantitative estimate of drug-likeness (QED) is 0.655. The van der Waals surface area contributed by atoms with E-state index in [4.69, 9.17) is 4.74 Å². The van der Waals surface area contributed by atoms with Crippen LogP contribution in [-0.4, -0.2) is 13.2 Å². The van der Waals surface area contributed by atoms with Gasteiger partial charge in [0.2, 0.25) is 0 Å². The summed E-state index contributed by atoms with van der Waals surface area (Å²) in [7, 11) is 0. The number of ether oxygens (including phenoxy) is 1. The first-order chi connectivity index (χ1) is 5.93. The van der Waals surface area contributed by atoms with Crippen LogP contribution in [0.5, 0.6) is 0 Å². The van der Waals surface area contributed by atoms with Gasteiger partial charge >= 0.3 is 0 Å². The smallest absolute Gasteiger partial charge is 0.0514 e. The van der Waals surface area contributed by atoms with Crippen LogP contribution in [0.25, 0.3) is 0 Å². The molecule has 0 spiro atoms. The van der Waals surface area contributed by atoms with Crippen molar-refractivity contribution in [3.8, 4) is 0 Å². The van der Waals surface area contributed by atoms with Crippen LogP contribution < -0.4 is 0 Å². The largest absolute Gasteiger partial charge is 0.381 e. The first-order valence-electron chi connectivity index (χ1n) is 4.53. The zero-order valence-corrected chi connectivity index (χ0v) is 8.99. The molecule has 0 radical (unpaired) electrons. The third kappa shape index (κ3) is 5.33. The molecule has 0 saturated heterocycles. The molecule has 0 aliphatic rings. The highest BCUT2D eigenvalue weighted by Gasteiger charge is 1.91. The van der Waals surface area contributed by atoms with Crippen LogP contribution in [0.4, 0.5) is 0 Å². The van der Waals surface area contributed by atoms with Crippen molar-refractivity contribution in [3.05, 3.63) is 22.4 Å². The molecule has 0 atom stereocenters. The lowest BCUT2D eigenvalue weighted by molar-refractivity contribution is 0.151. The van der Waals surface area contributed by atoms with Crippen molar-refractivity contribution in [1.29, 1.82) is 0 Å². The van der Waals surface area contributed by atoms with Gasteiger partial charge < -0.3 is 4.74 Å². The van der Waals surface area contributed by atoms with Crippen LogP contribution in [-0.2, 0) is 11.2 Å². The minimum absolute atomic E-state index is 0.825. The van der Waals surface area contributed by atoms with Gasteiger partial charge in [0.1, 0.15) is 0 Å². The Labute approximate surface area is 79.4 Å². The fourth-order valence-corrected chi connectivity index (χ4v) is 1.46. The lowest BCUT2D eigenvalue weighted by atomic mass is 10.4. The molecule has 0 bridgehead atoms. The molecule has 70 valence electrons. The predicted octanol–water partition coefficient (Wildman–Crippen LogP) is 3.35. The average Bonchev–Trinajstić information content (AvgIpc) is 2.61. The fraction of sp³-hybridized carbons (Fsp3) is 0.600. The Bertz CT molecular complexity index is 158.